The van der Waals surface area contributed by atoms with Gasteiger partial charge in [0.1, 0.15) is 17.3 Å². The third-order valence-corrected chi connectivity index (χ3v) is 7.96. The van der Waals surface area contributed by atoms with E-state index in [4.69, 9.17) is 15.3 Å². The van der Waals surface area contributed by atoms with Crippen LogP contribution in [-0.4, -0.2) is 45.1 Å². The number of ether oxygens (including phenoxy) is 2. The predicted molar refractivity (Wildman–Crippen MR) is 140 cm³/mol. The van der Waals surface area contributed by atoms with Gasteiger partial charge in [-0.05, 0) is 36.8 Å². The van der Waals surface area contributed by atoms with Crippen LogP contribution in [0.15, 0.2) is 77.4 Å². The van der Waals surface area contributed by atoms with Gasteiger partial charge in [0.2, 0.25) is 11.8 Å². The Hall–Kier alpha value is -4.36. The van der Waals surface area contributed by atoms with E-state index in [9.17, 15) is 9.18 Å². The summed E-state index contributed by atoms with van der Waals surface area (Å²) in [5.41, 5.74) is 3.97. The van der Waals surface area contributed by atoms with Crippen LogP contribution in [0.4, 0.5) is 14.5 Å². The number of methoxy groups -OCH3 is 1. The van der Waals surface area contributed by atoms with Crippen LogP contribution in [-0.2, 0) is 4.75 Å². The van der Waals surface area contributed by atoms with Crippen molar-refractivity contribution in [2.45, 2.75) is 17.2 Å². The molecule has 198 valence electrons. The average Bonchev–Trinajstić information content (AvgIpc) is 2.96. The number of halogens is 2. The molecule has 39 heavy (non-hydrogen) atoms. The minimum Gasteiger partial charge on any atom is -0.480 e. The number of benzene rings is 1. The Morgan fingerprint density at radius 2 is 2.10 bits per heavy atom. The molecule has 3 aliphatic heterocycles. The number of carbonyl (C=O) groups is 1. The molecule has 3 aromatic rings. The maximum atomic E-state index is 15.8. The molecule has 0 aliphatic carbocycles. The molecule has 10 nitrogen and oxygen atoms in total. The molecule has 1 unspecified atom stereocenters. The van der Waals surface area contributed by atoms with Gasteiger partial charge in [-0.2, -0.15) is 4.39 Å². The van der Waals surface area contributed by atoms with Crippen molar-refractivity contribution in [3.63, 3.8) is 0 Å². The number of hydrogen-bond acceptors (Lipinski definition) is 10. The predicted octanol–water partition coefficient (Wildman–Crippen LogP) is 4.02. The van der Waals surface area contributed by atoms with E-state index >= 15 is 4.39 Å². The summed E-state index contributed by atoms with van der Waals surface area (Å²) < 4.78 is 40.0. The Bertz CT molecular complexity index is 1560. The maximum Gasteiger partial charge on any atom is 0.275 e. The average molecular weight is 550 g/mol. The van der Waals surface area contributed by atoms with Gasteiger partial charge in [0.15, 0.2) is 5.76 Å². The lowest BCUT2D eigenvalue weighted by molar-refractivity contribution is 0.102. The highest BCUT2D eigenvalue weighted by atomic mass is 32.2. The van der Waals surface area contributed by atoms with Gasteiger partial charge < -0.3 is 14.8 Å². The number of aliphatic imine (C=N–C) groups is 1. The first-order valence-electron chi connectivity index (χ1n) is 11.8. The Kier molecular flexibility index (Phi) is 6.23. The van der Waals surface area contributed by atoms with Crippen molar-refractivity contribution >= 4 is 28.9 Å². The van der Waals surface area contributed by atoms with Crippen LogP contribution in [0.5, 0.6) is 11.6 Å². The molecule has 1 aromatic carbocycles. The first-order valence-corrected chi connectivity index (χ1v) is 12.7. The smallest absolute Gasteiger partial charge is 0.275 e. The number of aromatic nitrogens is 3. The summed E-state index contributed by atoms with van der Waals surface area (Å²) in [7, 11) is 1.46. The Morgan fingerprint density at radius 1 is 1.23 bits per heavy atom. The number of nitrogens with one attached hydrogen (secondary N) is 1. The van der Waals surface area contributed by atoms with Crippen molar-refractivity contribution in [3.05, 3.63) is 95.0 Å². The van der Waals surface area contributed by atoms with E-state index in [1.807, 2.05) is 0 Å². The maximum absolute atomic E-state index is 15.8. The molecule has 5 heterocycles. The Balaban J connectivity index is 1.42. The molecule has 3 aliphatic rings. The third kappa shape index (κ3) is 4.29. The minimum atomic E-state index is -0.829. The molecule has 0 fully saturated rings. The van der Waals surface area contributed by atoms with Crippen LogP contribution < -0.4 is 20.6 Å². The van der Waals surface area contributed by atoms with Crippen molar-refractivity contribution in [2.24, 2.45) is 10.8 Å². The quantitative estimate of drug-likeness (QED) is 0.366. The zero-order valence-electron chi connectivity index (χ0n) is 20.5. The lowest BCUT2D eigenvalue weighted by Gasteiger charge is -2.45. The number of hydrogen-bond donors (Lipinski definition) is 2. The molecule has 6 rings (SSSR count). The Labute approximate surface area is 225 Å². The fraction of sp³-hybridized carbons (Fsp3) is 0.192. The standard InChI is InChI=1S/C26H21F2N7O3S/c1-37-22-12-32-19(11-33-22)25(36)34-16-2-3-21-17(7-16)26(4-5-30-13-39-26)18-8-20(14-6-15(27)10-31-9-14)35(29)24(28)23(18)38-21/h2-3,6-13,20H,4-5,29H2,1H3,(H,34,36)/t20?,26-/m0/s1. The molecular formula is C26H21F2N7O3S. The second-order valence-corrected chi connectivity index (χ2v) is 10.0. The van der Waals surface area contributed by atoms with Crippen LogP contribution >= 0.6 is 11.8 Å². The van der Waals surface area contributed by atoms with Crippen LogP contribution in [0, 0.1) is 5.82 Å². The molecule has 0 radical (unpaired) electrons. The highest BCUT2D eigenvalue weighted by Gasteiger charge is 2.49. The number of carbonyl (C=O) groups excluding carboxylic acids is 1. The number of nitrogens with two attached hydrogens (primary N) is 1. The van der Waals surface area contributed by atoms with Crippen molar-refractivity contribution in [1.82, 2.24) is 20.0 Å². The van der Waals surface area contributed by atoms with Gasteiger partial charge in [-0.25, -0.2) is 20.2 Å². The molecule has 13 heteroatoms. The zero-order valence-corrected chi connectivity index (χ0v) is 21.3. The minimum absolute atomic E-state index is 0.0151. The van der Waals surface area contributed by atoms with Gasteiger partial charge in [0, 0.05) is 35.1 Å². The Morgan fingerprint density at radius 3 is 2.82 bits per heavy atom. The summed E-state index contributed by atoms with van der Waals surface area (Å²) in [6.45, 7) is 0.481. The molecule has 1 amide bonds. The van der Waals surface area contributed by atoms with Gasteiger partial charge >= 0.3 is 0 Å². The van der Waals surface area contributed by atoms with E-state index in [0.29, 0.717) is 35.5 Å². The lowest BCUT2D eigenvalue weighted by atomic mass is 9.80. The second kappa shape index (κ2) is 9.75. The number of fused-ring (bicyclic) bond motifs is 4. The van der Waals surface area contributed by atoms with Gasteiger partial charge in [0.05, 0.1) is 42.0 Å². The normalized spacial score (nSPS) is 21.6. The van der Waals surface area contributed by atoms with E-state index < -0.39 is 28.5 Å². The fourth-order valence-electron chi connectivity index (χ4n) is 4.78. The van der Waals surface area contributed by atoms with E-state index in [2.05, 4.69) is 25.3 Å². The molecular weight excluding hydrogens is 528 g/mol. The largest absolute Gasteiger partial charge is 0.480 e. The zero-order chi connectivity index (χ0) is 27.1. The van der Waals surface area contributed by atoms with Crippen LogP contribution in [0.1, 0.15) is 34.1 Å². The van der Waals surface area contributed by atoms with Gasteiger partial charge in [-0.15, -0.1) is 0 Å². The first kappa shape index (κ1) is 24.9. The first-order chi connectivity index (χ1) is 18.9. The summed E-state index contributed by atoms with van der Waals surface area (Å²) in [4.78, 5) is 29.2. The number of thioether (sulfide) groups is 1. The molecule has 2 atom stereocenters. The number of rotatable bonds is 4. The van der Waals surface area contributed by atoms with E-state index in [-0.39, 0.29) is 17.3 Å². The number of nitrogens with zero attached hydrogens (tertiary/aromatic N) is 5. The van der Waals surface area contributed by atoms with Crippen LogP contribution in [0.3, 0.4) is 0 Å². The summed E-state index contributed by atoms with van der Waals surface area (Å²) in [5, 5.41) is 3.73. The van der Waals surface area contributed by atoms with Crippen LogP contribution in [0.25, 0.3) is 0 Å². The fourth-order valence-corrected chi connectivity index (χ4v) is 5.93. The molecule has 0 saturated heterocycles. The highest BCUT2D eigenvalue weighted by molar-refractivity contribution is 8.13. The van der Waals surface area contributed by atoms with E-state index in [1.54, 1.807) is 29.8 Å². The molecule has 3 N–H and O–H groups in total. The number of amides is 1. The van der Waals surface area contributed by atoms with Crippen molar-refractivity contribution < 1.29 is 23.0 Å². The van der Waals surface area contributed by atoms with Crippen LogP contribution in [0.2, 0.25) is 0 Å². The summed E-state index contributed by atoms with van der Waals surface area (Å²) in [6, 6.07) is 5.55. The van der Waals surface area contributed by atoms with E-state index in [0.717, 1.165) is 16.8 Å². The highest BCUT2D eigenvalue weighted by Crippen LogP contribution is 2.58. The molecule has 2 aromatic heterocycles. The molecule has 0 bridgehead atoms. The molecule has 0 saturated carbocycles. The second-order valence-electron chi connectivity index (χ2n) is 8.91. The number of hydrazine groups is 1. The topological polar surface area (TPSA) is 128 Å². The van der Waals surface area contributed by atoms with Crippen molar-refractivity contribution in [2.75, 3.05) is 19.0 Å². The lowest BCUT2D eigenvalue weighted by Crippen LogP contribution is -2.42. The number of pyridine rings is 1. The monoisotopic (exact) mass is 549 g/mol. The number of allylic oxidation sites excluding steroid dienone is 1. The number of anilines is 1. The molecule has 1 spiro atoms. The summed E-state index contributed by atoms with van der Waals surface area (Å²) in [5.74, 6) is 5.01. The van der Waals surface area contributed by atoms with Gasteiger partial charge in [-0.3, -0.25) is 19.8 Å². The van der Waals surface area contributed by atoms with Crippen molar-refractivity contribution in [3.8, 4) is 11.6 Å². The third-order valence-electron chi connectivity index (χ3n) is 6.66. The summed E-state index contributed by atoms with van der Waals surface area (Å²) in [6.07, 6.45) is 7.47. The van der Waals surface area contributed by atoms with Gasteiger partial charge in [0.25, 0.3) is 5.91 Å². The van der Waals surface area contributed by atoms with E-state index in [1.165, 1.54) is 43.5 Å². The summed E-state index contributed by atoms with van der Waals surface area (Å²) >= 11 is 1.41. The van der Waals surface area contributed by atoms with Crippen molar-refractivity contribution in [1.29, 1.82) is 0 Å². The van der Waals surface area contributed by atoms with Gasteiger partial charge in [-0.1, -0.05) is 11.8 Å². The SMILES string of the molecule is COc1cnc(C(=O)Nc2ccc3c(c2)[C@@]2(CCN=CS2)C2=CC(c4cncc(F)c4)N(N)C(F)=C2O3)cn1.